The summed E-state index contributed by atoms with van der Waals surface area (Å²) in [5.74, 6) is 1.43. The average molecular weight is 251 g/mol. The normalized spacial score (nSPS) is 12.8. The molecule has 1 unspecified atom stereocenters. The van der Waals surface area contributed by atoms with Crippen LogP contribution in [-0.2, 0) is 19.3 Å². The average Bonchev–Trinajstić information content (AvgIpc) is 2.89. The van der Waals surface area contributed by atoms with Gasteiger partial charge in [-0.2, -0.15) is 4.98 Å². The molecule has 0 fully saturated rings. The van der Waals surface area contributed by atoms with Gasteiger partial charge in [0, 0.05) is 23.8 Å². The number of aromatic nitrogens is 2. The highest BCUT2D eigenvalue weighted by molar-refractivity contribution is 7.09. The van der Waals surface area contributed by atoms with Crippen molar-refractivity contribution in [3.8, 4) is 0 Å². The topological polar surface area (TPSA) is 64.9 Å². The van der Waals surface area contributed by atoms with Gasteiger partial charge < -0.3 is 10.3 Å². The SMILES string of the molecule is CC(N)Cc1noc(CCCc2cccs2)n1. The zero-order valence-corrected chi connectivity index (χ0v) is 10.7. The van der Waals surface area contributed by atoms with Crippen LogP contribution in [0.3, 0.4) is 0 Å². The Morgan fingerprint density at radius 2 is 2.35 bits per heavy atom. The van der Waals surface area contributed by atoms with Gasteiger partial charge in [-0.3, -0.25) is 0 Å². The third kappa shape index (κ3) is 3.94. The summed E-state index contributed by atoms with van der Waals surface area (Å²) in [5, 5.41) is 6.01. The molecule has 2 heterocycles. The molecular formula is C12H17N3OS. The van der Waals surface area contributed by atoms with E-state index in [1.807, 2.05) is 6.92 Å². The third-order valence-corrected chi connectivity index (χ3v) is 3.34. The Morgan fingerprint density at radius 3 is 3.06 bits per heavy atom. The summed E-state index contributed by atoms with van der Waals surface area (Å²) in [6.45, 7) is 1.94. The predicted molar refractivity (Wildman–Crippen MR) is 68.0 cm³/mol. The molecule has 0 aliphatic rings. The molecule has 92 valence electrons. The number of nitrogens with two attached hydrogens (primary N) is 1. The zero-order chi connectivity index (χ0) is 12.1. The lowest BCUT2D eigenvalue weighted by atomic mass is 10.2. The summed E-state index contributed by atoms with van der Waals surface area (Å²) in [4.78, 5) is 5.72. The minimum atomic E-state index is 0.0755. The van der Waals surface area contributed by atoms with Crippen LogP contribution in [0.1, 0.15) is 29.9 Å². The number of rotatable bonds is 6. The minimum Gasteiger partial charge on any atom is -0.339 e. The molecule has 0 radical (unpaired) electrons. The van der Waals surface area contributed by atoms with Crippen LogP contribution in [0.5, 0.6) is 0 Å². The molecule has 2 N–H and O–H groups in total. The lowest BCUT2D eigenvalue weighted by molar-refractivity contribution is 0.369. The molecule has 0 saturated heterocycles. The third-order valence-electron chi connectivity index (χ3n) is 2.41. The van der Waals surface area contributed by atoms with Crippen molar-refractivity contribution < 1.29 is 4.52 Å². The van der Waals surface area contributed by atoms with E-state index in [2.05, 4.69) is 27.7 Å². The van der Waals surface area contributed by atoms with Crippen LogP contribution >= 0.6 is 11.3 Å². The van der Waals surface area contributed by atoms with E-state index in [4.69, 9.17) is 10.3 Å². The maximum absolute atomic E-state index is 5.68. The van der Waals surface area contributed by atoms with E-state index in [9.17, 15) is 0 Å². The van der Waals surface area contributed by atoms with E-state index in [1.165, 1.54) is 4.88 Å². The second-order valence-corrected chi connectivity index (χ2v) is 5.25. The van der Waals surface area contributed by atoms with Gasteiger partial charge in [0.25, 0.3) is 0 Å². The fourth-order valence-corrected chi connectivity index (χ4v) is 2.38. The van der Waals surface area contributed by atoms with Crippen LogP contribution in [0.25, 0.3) is 0 Å². The van der Waals surface area contributed by atoms with Crippen LogP contribution in [0.2, 0.25) is 0 Å². The standard InChI is InChI=1S/C12H17N3OS/c1-9(13)8-11-14-12(16-15-11)6-2-4-10-5-3-7-17-10/h3,5,7,9H,2,4,6,8,13H2,1H3. The molecule has 17 heavy (non-hydrogen) atoms. The first-order valence-electron chi connectivity index (χ1n) is 5.83. The predicted octanol–water partition coefficient (Wildman–Crippen LogP) is 2.20. The second kappa shape index (κ2) is 5.93. The summed E-state index contributed by atoms with van der Waals surface area (Å²) >= 11 is 1.79. The maximum atomic E-state index is 5.68. The summed E-state index contributed by atoms with van der Waals surface area (Å²) in [7, 11) is 0. The van der Waals surface area contributed by atoms with Gasteiger partial charge in [0.2, 0.25) is 5.89 Å². The van der Waals surface area contributed by atoms with Crippen molar-refractivity contribution in [1.29, 1.82) is 0 Å². The Hall–Kier alpha value is -1.20. The molecule has 0 aliphatic heterocycles. The number of aryl methyl sites for hydroxylation is 2. The van der Waals surface area contributed by atoms with Gasteiger partial charge >= 0.3 is 0 Å². The Kier molecular flexibility index (Phi) is 4.28. The number of hydrogen-bond donors (Lipinski definition) is 1. The fourth-order valence-electron chi connectivity index (χ4n) is 1.63. The quantitative estimate of drug-likeness (QED) is 0.854. The molecule has 0 spiro atoms. The second-order valence-electron chi connectivity index (χ2n) is 4.22. The number of thiophene rings is 1. The Bertz CT molecular complexity index is 436. The van der Waals surface area contributed by atoms with Crippen LogP contribution in [0.4, 0.5) is 0 Å². The van der Waals surface area contributed by atoms with Crippen LogP contribution in [0.15, 0.2) is 22.0 Å². The van der Waals surface area contributed by atoms with E-state index in [0.717, 1.165) is 25.2 Å². The molecule has 0 saturated carbocycles. The Morgan fingerprint density at radius 1 is 1.47 bits per heavy atom. The van der Waals surface area contributed by atoms with Crippen molar-refractivity contribution in [2.45, 2.75) is 38.6 Å². The number of hydrogen-bond acceptors (Lipinski definition) is 5. The molecule has 2 rings (SSSR count). The monoisotopic (exact) mass is 251 g/mol. The van der Waals surface area contributed by atoms with Gasteiger partial charge in [-0.15, -0.1) is 11.3 Å². The van der Waals surface area contributed by atoms with E-state index in [0.29, 0.717) is 12.2 Å². The molecule has 2 aromatic rings. The molecule has 2 aromatic heterocycles. The van der Waals surface area contributed by atoms with Crippen molar-refractivity contribution >= 4 is 11.3 Å². The molecule has 5 heteroatoms. The van der Waals surface area contributed by atoms with E-state index in [1.54, 1.807) is 11.3 Å². The maximum Gasteiger partial charge on any atom is 0.226 e. The molecule has 0 bridgehead atoms. The van der Waals surface area contributed by atoms with Gasteiger partial charge in [0.15, 0.2) is 5.82 Å². The highest BCUT2D eigenvalue weighted by atomic mass is 32.1. The van der Waals surface area contributed by atoms with E-state index >= 15 is 0 Å². The summed E-state index contributed by atoms with van der Waals surface area (Å²) in [6.07, 6.45) is 3.63. The lowest BCUT2D eigenvalue weighted by Crippen LogP contribution is -2.18. The van der Waals surface area contributed by atoms with Crippen molar-refractivity contribution in [2.75, 3.05) is 0 Å². The summed E-state index contributed by atoms with van der Waals surface area (Å²) in [6, 6.07) is 4.31. The van der Waals surface area contributed by atoms with E-state index in [-0.39, 0.29) is 6.04 Å². The van der Waals surface area contributed by atoms with Crippen LogP contribution in [-0.4, -0.2) is 16.2 Å². The highest BCUT2D eigenvalue weighted by Gasteiger charge is 2.07. The van der Waals surface area contributed by atoms with Crippen molar-refractivity contribution in [3.05, 3.63) is 34.1 Å². The first kappa shape index (κ1) is 12.3. The fraction of sp³-hybridized carbons (Fsp3) is 0.500. The van der Waals surface area contributed by atoms with Gasteiger partial charge in [-0.1, -0.05) is 11.2 Å². The lowest BCUT2D eigenvalue weighted by Gasteiger charge is -1.97. The summed E-state index contributed by atoms with van der Waals surface area (Å²) < 4.78 is 5.17. The van der Waals surface area contributed by atoms with Gasteiger partial charge in [-0.25, -0.2) is 0 Å². The largest absolute Gasteiger partial charge is 0.339 e. The molecule has 0 aromatic carbocycles. The molecular weight excluding hydrogens is 234 g/mol. The first-order chi connectivity index (χ1) is 8.24. The van der Waals surface area contributed by atoms with Crippen LogP contribution in [0, 0.1) is 0 Å². The minimum absolute atomic E-state index is 0.0755. The molecule has 4 nitrogen and oxygen atoms in total. The van der Waals surface area contributed by atoms with Crippen LogP contribution < -0.4 is 5.73 Å². The van der Waals surface area contributed by atoms with Gasteiger partial charge in [0.05, 0.1) is 0 Å². The Balaban J connectivity index is 1.77. The first-order valence-corrected chi connectivity index (χ1v) is 6.71. The van der Waals surface area contributed by atoms with Crippen molar-refractivity contribution in [3.63, 3.8) is 0 Å². The van der Waals surface area contributed by atoms with Gasteiger partial charge in [0.1, 0.15) is 0 Å². The van der Waals surface area contributed by atoms with Crippen molar-refractivity contribution in [2.24, 2.45) is 5.73 Å². The van der Waals surface area contributed by atoms with E-state index < -0.39 is 0 Å². The zero-order valence-electron chi connectivity index (χ0n) is 9.93. The van der Waals surface area contributed by atoms with Crippen molar-refractivity contribution in [1.82, 2.24) is 10.1 Å². The van der Waals surface area contributed by atoms with Gasteiger partial charge in [-0.05, 0) is 31.2 Å². The molecule has 0 aliphatic carbocycles. The Labute approximate surface area is 105 Å². The number of nitrogens with zero attached hydrogens (tertiary/aromatic N) is 2. The molecule has 0 amide bonds. The smallest absolute Gasteiger partial charge is 0.226 e. The summed E-state index contributed by atoms with van der Waals surface area (Å²) in [5.41, 5.74) is 5.68. The highest BCUT2D eigenvalue weighted by Crippen LogP contribution is 2.12. The molecule has 1 atom stereocenters.